The second-order valence-electron chi connectivity index (χ2n) is 5.96. The van der Waals surface area contributed by atoms with Gasteiger partial charge in [-0.05, 0) is 50.6 Å². The van der Waals surface area contributed by atoms with Crippen molar-refractivity contribution in [3.63, 3.8) is 0 Å². The third-order valence-electron chi connectivity index (χ3n) is 3.81. The van der Waals surface area contributed by atoms with Gasteiger partial charge in [-0.25, -0.2) is 13.1 Å². The van der Waals surface area contributed by atoms with Crippen molar-refractivity contribution in [1.82, 2.24) is 10.0 Å². The van der Waals surface area contributed by atoms with Crippen molar-refractivity contribution in [1.29, 1.82) is 0 Å². The third-order valence-corrected chi connectivity index (χ3v) is 5.16. The number of amides is 2. The molecule has 2 amide bonds. The molecular formula is C16H18F3N3O4S. The molecule has 1 unspecified atom stereocenters. The molecule has 0 aliphatic carbocycles. The van der Waals surface area contributed by atoms with Gasteiger partial charge in [0.1, 0.15) is 0 Å². The molecule has 0 radical (unpaired) electrons. The Morgan fingerprint density at radius 2 is 1.85 bits per heavy atom. The first-order valence-corrected chi connectivity index (χ1v) is 9.44. The zero-order chi connectivity index (χ0) is 20.2. The molecule has 7 nitrogen and oxygen atoms in total. The second kappa shape index (κ2) is 8.09. The highest BCUT2D eigenvalue weighted by Crippen LogP contribution is 2.20. The molecule has 1 aromatic rings. The van der Waals surface area contributed by atoms with Gasteiger partial charge in [-0.15, -0.1) is 0 Å². The van der Waals surface area contributed by atoms with Crippen molar-refractivity contribution in [3.05, 3.63) is 35.9 Å². The van der Waals surface area contributed by atoms with E-state index in [-0.39, 0.29) is 22.2 Å². The fourth-order valence-electron chi connectivity index (χ4n) is 2.41. The molecule has 2 rings (SSSR count). The molecule has 0 saturated carbocycles. The number of nitrogens with one attached hydrogen (secondary N) is 3. The predicted octanol–water partition coefficient (Wildman–Crippen LogP) is 1.69. The lowest BCUT2D eigenvalue weighted by Gasteiger charge is -2.11. The Labute approximate surface area is 154 Å². The lowest BCUT2D eigenvalue weighted by atomic mass is 10.1. The third kappa shape index (κ3) is 5.79. The van der Waals surface area contributed by atoms with Crippen LogP contribution in [0.25, 0.3) is 0 Å². The Balaban J connectivity index is 2.05. The number of alkyl halides is 3. The number of benzene rings is 1. The average molecular weight is 405 g/mol. The number of anilines is 1. The molecular weight excluding hydrogens is 387 g/mol. The lowest BCUT2D eigenvalue weighted by Crippen LogP contribution is -2.32. The highest BCUT2D eigenvalue weighted by Gasteiger charge is 2.38. The summed E-state index contributed by atoms with van der Waals surface area (Å²) in [7, 11) is -4.21. The molecule has 0 bridgehead atoms. The summed E-state index contributed by atoms with van der Waals surface area (Å²) in [5, 5.41) is 4.75. The maximum Gasteiger partial charge on any atom is 0.471 e. The zero-order valence-electron chi connectivity index (χ0n) is 14.3. The number of carbonyl (C=O) groups excluding carboxylic acids is 2. The predicted molar refractivity (Wildman–Crippen MR) is 91.2 cm³/mol. The number of sulfonamides is 1. The summed E-state index contributed by atoms with van der Waals surface area (Å²) >= 11 is 0. The number of hydrogen-bond acceptors (Lipinski definition) is 5. The maximum atomic E-state index is 12.2. The summed E-state index contributed by atoms with van der Waals surface area (Å²) in [6.07, 6.45) is -1.60. The molecule has 27 heavy (non-hydrogen) atoms. The van der Waals surface area contributed by atoms with Gasteiger partial charge in [0.05, 0.1) is 4.90 Å². The molecule has 11 heteroatoms. The summed E-state index contributed by atoms with van der Waals surface area (Å²) in [5.41, 5.74) is -0.00183. The summed E-state index contributed by atoms with van der Waals surface area (Å²) in [5.74, 6) is -2.97. The summed E-state index contributed by atoms with van der Waals surface area (Å²) < 4.78 is 63.0. The van der Waals surface area contributed by atoms with E-state index in [0.29, 0.717) is 0 Å². The molecule has 1 aliphatic heterocycles. The van der Waals surface area contributed by atoms with E-state index >= 15 is 0 Å². The van der Waals surface area contributed by atoms with Crippen LogP contribution in [-0.4, -0.2) is 39.0 Å². The summed E-state index contributed by atoms with van der Waals surface area (Å²) in [4.78, 5) is 22.6. The lowest BCUT2D eigenvalue weighted by molar-refractivity contribution is -0.167. The van der Waals surface area contributed by atoms with Crippen LogP contribution in [0.15, 0.2) is 40.8 Å². The minimum Gasteiger partial charge on any atom is -0.318 e. The first kappa shape index (κ1) is 20.9. The molecule has 1 saturated heterocycles. The normalized spacial score (nSPS) is 18.2. The van der Waals surface area contributed by atoms with Gasteiger partial charge in [0.15, 0.2) is 0 Å². The number of hydrogen-bond donors (Lipinski definition) is 3. The van der Waals surface area contributed by atoms with Gasteiger partial charge < -0.3 is 10.6 Å². The second-order valence-corrected chi connectivity index (χ2v) is 7.65. The number of rotatable bonds is 5. The van der Waals surface area contributed by atoms with Crippen LogP contribution in [0.2, 0.25) is 0 Å². The van der Waals surface area contributed by atoms with Crippen molar-refractivity contribution >= 4 is 27.5 Å². The zero-order valence-corrected chi connectivity index (χ0v) is 15.1. The first-order chi connectivity index (χ1) is 12.5. The molecule has 1 heterocycles. The molecule has 1 aliphatic rings. The monoisotopic (exact) mass is 405 g/mol. The van der Waals surface area contributed by atoms with Crippen LogP contribution in [0.1, 0.15) is 19.8 Å². The molecule has 1 atom stereocenters. The van der Waals surface area contributed by atoms with Gasteiger partial charge in [0, 0.05) is 17.3 Å². The summed E-state index contributed by atoms with van der Waals surface area (Å²) in [6, 6.07) is 3.97. The minimum atomic E-state index is -5.06. The largest absolute Gasteiger partial charge is 0.471 e. The standard InChI is InChI=1S/C16H18F3N3O4S/c1-10(9-12-3-2-8-20-12)14(23)22-27(25,26)13-6-4-11(5-7-13)21-15(24)16(17,18)19/h4-7,9,12,20H,2-3,8H2,1H3,(H,21,24)(H,22,23)/b10-9+. The Kier molecular flexibility index (Phi) is 6.26. The SMILES string of the molecule is C/C(=C\C1CCCN1)C(=O)NS(=O)(=O)c1ccc(NC(=O)C(F)(F)F)cc1. The van der Waals surface area contributed by atoms with Crippen LogP contribution in [0.4, 0.5) is 18.9 Å². The Bertz CT molecular complexity index is 843. The minimum absolute atomic E-state index is 0.00924. The van der Waals surface area contributed by atoms with Crippen molar-refractivity contribution in [2.75, 3.05) is 11.9 Å². The van der Waals surface area contributed by atoms with Crippen LogP contribution >= 0.6 is 0 Å². The number of carbonyl (C=O) groups is 2. The highest BCUT2D eigenvalue weighted by atomic mass is 32.2. The fourth-order valence-corrected chi connectivity index (χ4v) is 3.43. The van der Waals surface area contributed by atoms with Crippen molar-refractivity contribution in [2.45, 2.75) is 36.9 Å². The van der Waals surface area contributed by atoms with Crippen LogP contribution in [-0.2, 0) is 19.6 Å². The quantitative estimate of drug-likeness (QED) is 0.647. The van der Waals surface area contributed by atoms with E-state index in [1.54, 1.807) is 11.4 Å². The van der Waals surface area contributed by atoms with Crippen LogP contribution in [0, 0.1) is 0 Å². The van der Waals surface area contributed by atoms with Crippen LogP contribution in [0.5, 0.6) is 0 Å². The maximum absolute atomic E-state index is 12.2. The Morgan fingerprint density at radius 1 is 1.22 bits per heavy atom. The van der Waals surface area contributed by atoms with Crippen molar-refractivity contribution in [2.24, 2.45) is 0 Å². The van der Waals surface area contributed by atoms with E-state index in [1.807, 2.05) is 4.72 Å². The van der Waals surface area contributed by atoms with Gasteiger partial charge in [-0.2, -0.15) is 13.2 Å². The van der Waals surface area contributed by atoms with Crippen LogP contribution < -0.4 is 15.4 Å². The van der Waals surface area contributed by atoms with E-state index in [0.717, 1.165) is 43.7 Å². The van der Waals surface area contributed by atoms with Gasteiger partial charge in [0.25, 0.3) is 15.9 Å². The van der Waals surface area contributed by atoms with E-state index in [1.165, 1.54) is 6.92 Å². The van der Waals surface area contributed by atoms with Gasteiger partial charge in [-0.1, -0.05) is 6.08 Å². The van der Waals surface area contributed by atoms with E-state index in [2.05, 4.69) is 5.32 Å². The molecule has 1 fully saturated rings. The molecule has 148 valence electrons. The van der Waals surface area contributed by atoms with Crippen LogP contribution in [0.3, 0.4) is 0 Å². The first-order valence-electron chi connectivity index (χ1n) is 7.96. The van der Waals surface area contributed by atoms with Crippen molar-refractivity contribution in [3.8, 4) is 0 Å². The Hall–Kier alpha value is -2.40. The molecule has 3 N–H and O–H groups in total. The highest BCUT2D eigenvalue weighted by molar-refractivity contribution is 7.90. The molecule has 0 spiro atoms. The van der Waals surface area contributed by atoms with E-state index in [9.17, 15) is 31.2 Å². The van der Waals surface area contributed by atoms with Gasteiger partial charge in [0.2, 0.25) is 0 Å². The molecule has 0 aromatic heterocycles. The Morgan fingerprint density at radius 3 is 2.37 bits per heavy atom. The van der Waals surface area contributed by atoms with E-state index < -0.39 is 28.0 Å². The average Bonchev–Trinajstić information content (AvgIpc) is 3.07. The smallest absolute Gasteiger partial charge is 0.318 e. The fraction of sp³-hybridized carbons (Fsp3) is 0.375. The van der Waals surface area contributed by atoms with Gasteiger partial charge >= 0.3 is 12.1 Å². The molecule has 1 aromatic carbocycles. The van der Waals surface area contributed by atoms with Gasteiger partial charge in [-0.3, -0.25) is 9.59 Å². The van der Waals surface area contributed by atoms with E-state index in [4.69, 9.17) is 0 Å². The summed E-state index contributed by atoms with van der Waals surface area (Å²) in [6.45, 7) is 2.31. The number of halogens is 3. The van der Waals surface area contributed by atoms with Crippen molar-refractivity contribution < 1.29 is 31.2 Å². The topological polar surface area (TPSA) is 104 Å².